The van der Waals surface area contributed by atoms with Crippen LogP contribution < -0.4 is 24.3 Å². The number of benzene rings is 2. The molecule has 0 saturated heterocycles. The van der Waals surface area contributed by atoms with Crippen LogP contribution in [0.15, 0.2) is 34.5 Å². The van der Waals surface area contributed by atoms with E-state index in [1.165, 1.54) is 33.3 Å². The number of carbonyl (C=O) groups is 2. The smallest absolute Gasteiger partial charge is 0.258 e. The Morgan fingerprint density at radius 1 is 0.970 bits per heavy atom. The first-order valence-corrected chi connectivity index (χ1v) is 10.7. The van der Waals surface area contributed by atoms with E-state index in [4.69, 9.17) is 42.1 Å². The molecule has 11 heteroatoms. The number of ketones is 1. The van der Waals surface area contributed by atoms with Crippen molar-refractivity contribution >= 4 is 46.3 Å². The van der Waals surface area contributed by atoms with E-state index in [1.807, 2.05) is 6.92 Å². The summed E-state index contributed by atoms with van der Waals surface area (Å²) in [6.07, 6.45) is 0. The quantitative estimate of drug-likeness (QED) is 0.324. The number of azo groups is 1. The number of anilines is 1. The van der Waals surface area contributed by atoms with E-state index in [2.05, 4.69) is 15.5 Å². The standard InChI is InChI=1S/C22H25Cl2N3O6/c1-6-32-17-11-13(10-15(24)20(17)33-7-2)25-22(29)18(12(3)28)26-27-19-14(23)8-9-16(30-4)21(19)31-5/h8-11,18H,6-7H2,1-5H3,(H,25,29). The summed E-state index contributed by atoms with van der Waals surface area (Å²) in [5.41, 5.74) is 0.427. The number of ether oxygens (including phenoxy) is 4. The second-order valence-corrected chi connectivity index (χ2v) is 7.32. The lowest BCUT2D eigenvalue weighted by molar-refractivity contribution is -0.126. The van der Waals surface area contributed by atoms with Gasteiger partial charge in [-0.1, -0.05) is 23.2 Å². The lowest BCUT2D eigenvalue weighted by atomic mass is 10.2. The van der Waals surface area contributed by atoms with E-state index >= 15 is 0 Å². The van der Waals surface area contributed by atoms with Crippen LogP contribution in [-0.2, 0) is 9.59 Å². The molecule has 33 heavy (non-hydrogen) atoms. The Hall–Kier alpha value is -3.04. The third-order valence-corrected chi connectivity index (χ3v) is 4.83. The van der Waals surface area contributed by atoms with Gasteiger partial charge in [-0.05, 0) is 39.0 Å². The summed E-state index contributed by atoms with van der Waals surface area (Å²) in [6.45, 7) is 5.59. The molecule has 0 spiro atoms. The first kappa shape index (κ1) is 26.2. The Kier molecular flexibility index (Phi) is 9.74. The fourth-order valence-corrected chi connectivity index (χ4v) is 3.26. The Bertz CT molecular complexity index is 1050. The summed E-state index contributed by atoms with van der Waals surface area (Å²) in [5.74, 6) is 0.0594. The molecular formula is C22H25Cl2N3O6. The first-order valence-electron chi connectivity index (χ1n) is 9.99. The number of carbonyl (C=O) groups excluding carboxylic acids is 2. The minimum atomic E-state index is -1.45. The number of nitrogens with zero attached hydrogens (tertiary/aromatic N) is 2. The minimum absolute atomic E-state index is 0.125. The summed E-state index contributed by atoms with van der Waals surface area (Å²) in [5, 5.41) is 11.0. The molecule has 0 saturated carbocycles. The lowest BCUT2D eigenvalue weighted by Crippen LogP contribution is -2.31. The van der Waals surface area contributed by atoms with Gasteiger partial charge in [0.2, 0.25) is 6.04 Å². The number of hydrogen-bond donors (Lipinski definition) is 1. The van der Waals surface area contributed by atoms with E-state index in [1.54, 1.807) is 19.1 Å². The largest absolute Gasteiger partial charge is 0.493 e. The molecule has 1 atom stereocenters. The maximum atomic E-state index is 12.8. The molecule has 1 N–H and O–H groups in total. The molecule has 0 aliphatic carbocycles. The van der Waals surface area contributed by atoms with Crippen LogP contribution in [0.4, 0.5) is 11.4 Å². The molecule has 0 aliphatic heterocycles. The molecule has 0 aliphatic rings. The lowest BCUT2D eigenvalue weighted by Gasteiger charge is -2.16. The number of halogens is 2. The average molecular weight is 498 g/mol. The van der Waals surface area contributed by atoms with E-state index < -0.39 is 17.7 Å². The molecule has 9 nitrogen and oxygen atoms in total. The predicted molar refractivity (Wildman–Crippen MR) is 126 cm³/mol. The molecule has 2 aromatic carbocycles. The number of nitrogens with one attached hydrogen (secondary N) is 1. The number of Topliss-reactive ketones (excluding diaryl/α,β-unsaturated/α-hetero) is 1. The van der Waals surface area contributed by atoms with Crippen molar-refractivity contribution in [1.29, 1.82) is 0 Å². The molecule has 1 unspecified atom stereocenters. The van der Waals surface area contributed by atoms with Crippen molar-refractivity contribution in [3.63, 3.8) is 0 Å². The van der Waals surface area contributed by atoms with Crippen molar-refractivity contribution < 1.29 is 28.5 Å². The van der Waals surface area contributed by atoms with E-state index in [0.29, 0.717) is 36.1 Å². The molecule has 0 heterocycles. The van der Waals surface area contributed by atoms with Gasteiger partial charge in [0.05, 0.1) is 37.5 Å². The summed E-state index contributed by atoms with van der Waals surface area (Å²) >= 11 is 12.5. The van der Waals surface area contributed by atoms with Crippen LogP contribution in [-0.4, -0.2) is 45.2 Å². The fraction of sp³-hybridized carbons (Fsp3) is 0.364. The number of amides is 1. The normalized spacial score (nSPS) is 11.7. The highest BCUT2D eigenvalue weighted by atomic mass is 35.5. The SMILES string of the molecule is CCOc1cc(NC(=O)C(N=Nc2c(Cl)ccc(OC)c2OC)C(C)=O)cc(Cl)c1OCC. The Morgan fingerprint density at radius 3 is 2.24 bits per heavy atom. The zero-order valence-corrected chi connectivity index (χ0v) is 20.4. The Labute approximate surface area is 202 Å². The molecular weight excluding hydrogens is 473 g/mol. The summed E-state index contributed by atoms with van der Waals surface area (Å²) in [7, 11) is 2.87. The zero-order valence-electron chi connectivity index (χ0n) is 18.9. The summed E-state index contributed by atoms with van der Waals surface area (Å²) in [6, 6.07) is 4.73. The van der Waals surface area contributed by atoms with Gasteiger partial charge in [-0.2, -0.15) is 5.11 Å². The Balaban J connectivity index is 2.35. The second-order valence-electron chi connectivity index (χ2n) is 6.50. The van der Waals surface area contributed by atoms with Crippen molar-refractivity contribution in [2.45, 2.75) is 26.8 Å². The Morgan fingerprint density at radius 2 is 1.67 bits per heavy atom. The van der Waals surface area contributed by atoms with Crippen molar-refractivity contribution in [1.82, 2.24) is 0 Å². The fourth-order valence-electron chi connectivity index (χ4n) is 2.81. The molecule has 0 aromatic heterocycles. The molecule has 178 valence electrons. The highest BCUT2D eigenvalue weighted by Gasteiger charge is 2.25. The van der Waals surface area contributed by atoms with Crippen LogP contribution in [0.1, 0.15) is 20.8 Å². The van der Waals surface area contributed by atoms with Gasteiger partial charge in [0.25, 0.3) is 5.91 Å². The molecule has 0 radical (unpaired) electrons. The van der Waals surface area contributed by atoms with Crippen LogP contribution in [0.3, 0.4) is 0 Å². The molecule has 1 amide bonds. The van der Waals surface area contributed by atoms with Gasteiger partial charge in [0, 0.05) is 11.8 Å². The number of hydrogen-bond acceptors (Lipinski definition) is 8. The van der Waals surface area contributed by atoms with Gasteiger partial charge >= 0.3 is 0 Å². The van der Waals surface area contributed by atoms with Crippen LogP contribution in [0.2, 0.25) is 10.0 Å². The van der Waals surface area contributed by atoms with Crippen molar-refractivity contribution in [2.24, 2.45) is 10.2 Å². The predicted octanol–water partition coefficient (Wildman–Crippen LogP) is 5.49. The topological polar surface area (TPSA) is 108 Å². The maximum Gasteiger partial charge on any atom is 0.258 e. The van der Waals surface area contributed by atoms with Gasteiger partial charge in [-0.25, -0.2) is 0 Å². The third kappa shape index (κ3) is 6.49. The monoisotopic (exact) mass is 497 g/mol. The van der Waals surface area contributed by atoms with E-state index in [0.717, 1.165) is 0 Å². The molecule has 0 fully saturated rings. The molecule has 2 rings (SSSR count). The number of rotatable bonds is 11. The highest BCUT2D eigenvalue weighted by molar-refractivity contribution is 6.33. The second kappa shape index (κ2) is 12.3. The van der Waals surface area contributed by atoms with Crippen LogP contribution >= 0.6 is 23.2 Å². The molecule has 2 aromatic rings. The number of methoxy groups -OCH3 is 2. The molecule has 0 bridgehead atoms. The summed E-state index contributed by atoms with van der Waals surface area (Å²) in [4.78, 5) is 25.0. The first-order chi connectivity index (χ1) is 15.8. The van der Waals surface area contributed by atoms with E-state index in [9.17, 15) is 9.59 Å². The van der Waals surface area contributed by atoms with Crippen LogP contribution in [0.5, 0.6) is 23.0 Å². The average Bonchev–Trinajstić information content (AvgIpc) is 2.77. The van der Waals surface area contributed by atoms with E-state index in [-0.39, 0.29) is 21.5 Å². The van der Waals surface area contributed by atoms with Gasteiger partial charge in [-0.15, -0.1) is 5.11 Å². The van der Waals surface area contributed by atoms with Crippen molar-refractivity contribution in [2.75, 3.05) is 32.8 Å². The van der Waals surface area contributed by atoms with Gasteiger partial charge < -0.3 is 24.3 Å². The van der Waals surface area contributed by atoms with Crippen LogP contribution in [0.25, 0.3) is 0 Å². The summed E-state index contributed by atoms with van der Waals surface area (Å²) < 4.78 is 21.6. The van der Waals surface area contributed by atoms with Crippen molar-refractivity contribution in [3.8, 4) is 23.0 Å². The van der Waals surface area contributed by atoms with Gasteiger partial charge in [-0.3, -0.25) is 9.59 Å². The van der Waals surface area contributed by atoms with Crippen molar-refractivity contribution in [3.05, 3.63) is 34.3 Å². The highest BCUT2D eigenvalue weighted by Crippen LogP contribution is 2.43. The zero-order chi connectivity index (χ0) is 24.5. The maximum absolute atomic E-state index is 12.8. The van der Waals surface area contributed by atoms with Gasteiger partial charge in [0.15, 0.2) is 28.8 Å². The minimum Gasteiger partial charge on any atom is -0.493 e. The third-order valence-electron chi connectivity index (χ3n) is 4.24. The van der Waals surface area contributed by atoms with Gasteiger partial charge in [0.1, 0.15) is 5.69 Å². The van der Waals surface area contributed by atoms with Crippen LogP contribution in [0, 0.1) is 0 Å².